The van der Waals surface area contributed by atoms with E-state index in [1.165, 1.54) is 6.92 Å². The number of hydrogen-bond acceptors (Lipinski definition) is 6. The number of anilines is 1. The van der Waals surface area contributed by atoms with E-state index in [1.807, 2.05) is 54.1 Å². The summed E-state index contributed by atoms with van der Waals surface area (Å²) in [6.45, 7) is 3.45. The van der Waals surface area contributed by atoms with E-state index in [9.17, 15) is 4.79 Å². The van der Waals surface area contributed by atoms with E-state index in [0.717, 1.165) is 22.6 Å². The van der Waals surface area contributed by atoms with Gasteiger partial charge in [-0.15, -0.1) is 0 Å². The van der Waals surface area contributed by atoms with E-state index < -0.39 is 0 Å². The molecule has 1 N–H and O–H groups in total. The fourth-order valence-corrected chi connectivity index (χ4v) is 2.90. The average molecular weight is 374 g/mol. The Hall–Kier alpha value is -3.81. The SMILES string of the molecule is CC(=O)Nc1ccc(-c2nccn2[C@H](C)c2nc(-c3ccncc3)no2)cc1. The number of carbonyl (C=O) groups excluding carboxylic acids is 1. The highest BCUT2D eigenvalue weighted by atomic mass is 16.5. The van der Waals surface area contributed by atoms with Gasteiger partial charge in [0.2, 0.25) is 17.6 Å². The van der Waals surface area contributed by atoms with Crippen LogP contribution in [0.3, 0.4) is 0 Å². The van der Waals surface area contributed by atoms with Crippen LogP contribution in [-0.4, -0.2) is 30.6 Å². The zero-order chi connectivity index (χ0) is 19.5. The van der Waals surface area contributed by atoms with Crippen molar-refractivity contribution in [3.05, 3.63) is 67.1 Å². The number of aromatic nitrogens is 5. The lowest BCUT2D eigenvalue weighted by molar-refractivity contribution is -0.114. The number of nitrogens with one attached hydrogen (secondary N) is 1. The van der Waals surface area contributed by atoms with Gasteiger partial charge in [0.25, 0.3) is 0 Å². The summed E-state index contributed by atoms with van der Waals surface area (Å²) < 4.78 is 7.45. The predicted octanol–water partition coefficient (Wildman–Crippen LogP) is 3.56. The molecular formula is C20H18N6O2. The van der Waals surface area contributed by atoms with E-state index in [1.54, 1.807) is 18.6 Å². The molecule has 1 amide bonds. The molecule has 4 rings (SSSR count). The second kappa shape index (κ2) is 7.43. The number of benzene rings is 1. The molecule has 28 heavy (non-hydrogen) atoms. The summed E-state index contributed by atoms with van der Waals surface area (Å²) in [5.41, 5.74) is 2.50. The van der Waals surface area contributed by atoms with Gasteiger partial charge in [0.1, 0.15) is 11.9 Å². The Morgan fingerprint density at radius 1 is 1.07 bits per heavy atom. The normalized spacial score (nSPS) is 11.9. The molecule has 0 aliphatic heterocycles. The Bertz CT molecular complexity index is 1090. The van der Waals surface area contributed by atoms with Gasteiger partial charge in [-0.1, -0.05) is 5.16 Å². The van der Waals surface area contributed by atoms with E-state index in [0.29, 0.717) is 11.7 Å². The number of hydrogen-bond donors (Lipinski definition) is 1. The van der Waals surface area contributed by atoms with Crippen molar-refractivity contribution in [3.63, 3.8) is 0 Å². The lowest BCUT2D eigenvalue weighted by Gasteiger charge is -2.13. The third-order valence-electron chi connectivity index (χ3n) is 4.29. The maximum atomic E-state index is 11.2. The van der Waals surface area contributed by atoms with Crippen LogP contribution in [0.25, 0.3) is 22.8 Å². The minimum atomic E-state index is -0.199. The second-order valence-corrected chi connectivity index (χ2v) is 6.28. The summed E-state index contributed by atoms with van der Waals surface area (Å²) in [7, 11) is 0. The summed E-state index contributed by atoms with van der Waals surface area (Å²) in [4.78, 5) is 24.2. The number of imidazole rings is 1. The average Bonchev–Trinajstić information content (AvgIpc) is 3.38. The standard InChI is InChI=1S/C20H18N6O2/c1-13(20-24-18(25-28-20)15-7-9-21-10-8-15)26-12-11-22-19(26)16-3-5-17(6-4-16)23-14(2)27/h3-13H,1-2H3,(H,23,27)/t13-/m1/s1. The summed E-state index contributed by atoms with van der Waals surface area (Å²) in [5.74, 6) is 1.67. The number of amides is 1. The molecule has 8 heteroatoms. The van der Waals surface area contributed by atoms with Crippen molar-refractivity contribution in [3.8, 4) is 22.8 Å². The molecule has 1 atom stereocenters. The Balaban J connectivity index is 1.60. The van der Waals surface area contributed by atoms with Crippen molar-refractivity contribution < 1.29 is 9.32 Å². The zero-order valence-corrected chi connectivity index (χ0v) is 15.4. The molecule has 0 saturated carbocycles. The molecule has 0 fully saturated rings. The zero-order valence-electron chi connectivity index (χ0n) is 15.4. The first-order valence-corrected chi connectivity index (χ1v) is 8.76. The van der Waals surface area contributed by atoms with Crippen LogP contribution in [0.2, 0.25) is 0 Å². The topological polar surface area (TPSA) is 98.7 Å². The van der Waals surface area contributed by atoms with Crippen LogP contribution >= 0.6 is 0 Å². The molecule has 3 aromatic heterocycles. The minimum absolute atomic E-state index is 0.107. The van der Waals surface area contributed by atoms with E-state index in [-0.39, 0.29) is 11.9 Å². The van der Waals surface area contributed by atoms with Gasteiger partial charge in [-0.05, 0) is 43.3 Å². The van der Waals surface area contributed by atoms with Crippen LogP contribution in [0.1, 0.15) is 25.8 Å². The fraction of sp³-hybridized carbons (Fsp3) is 0.150. The van der Waals surface area contributed by atoms with Gasteiger partial charge in [0.15, 0.2) is 0 Å². The third kappa shape index (κ3) is 3.52. The van der Waals surface area contributed by atoms with Gasteiger partial charge >= 0.3 is 0 Å². The number of nitrogens with zero attached hydrogens (tertiary/aromatic N) is 5. The first kappa shape index (κ1) is 17.6. The van der Waals surface area contributed by atoms with Crippen molar-refractivity contribution in [1.29, 1.82) is 0 Å². The van der Waals surface area contributed by atoms with Gasteiger partial charge in [0, 0.05) is 48.5 Å². The van der Waals surface area contributed by atoms with Crippen LogP contribution in [0.5, 0.6) is 0 Å². The molecule has 8 nitrogen and oxygen atoms in total. The van der Waals surface area contributed by atoms with Gasteiger partial charge < -0.3 is 14.4 Å². The molecule has 0 radical (unpaired) electrons. The summed E-state index contributed by atoms with van der Waals surface area (Å²) in [6, 6.07) is 11.0. The van der Waals surface area contributed by atoms with Gasteiger partial charge in [0.05, 0.1) is 0 Å². The molecule has 0 bridgehead atoms. The Labute approximate surface area is 161 Å². The van der Waals surface area contributed by atoms with Crippen LogP contribution in [-0.2, 0) is 4.79 Å². The third-order valence-corrected chi connectivity index (χ3v) is 4.29. The quantitative estimate of drug-likeness (QED) is 0.573. The van der Waals surface area contributed by atoms with Crippen molar-refractivity contribution in [2.24, 2.45) is 0 Å². The molecule has 0 aliphatic carbocycles. The Morgan fingerprint density at radius 3 is 2.54 bits per heavy atom. The van der Waals surface area contributed by atoms with Gasteiger partial charge in [-0.2, -0.15) is 4.98 Å². The van der Waals surface area contributed by atoms with Crippen LogP contribution in [0.15, 0.2) is 65.7 Å². The highest BCUT2D eigenvalue weighted by Crippen LogP contribution is 2.27. The minimum Gasteiger partial charge on any atom is -0.337 e. The summed E-state index contributed by atoms with van der Waals surface area (Å²) >= 11 is 0. The largest absolute Gasteiger partial charge is 0.337 e. The fourth-order valence-electron chi connectivity index (χ4n) is 2.90. The van der Waals surface area contributed by atoms with Crippen molar-refractivity contribution in [2.75, 3.05) is 5.32 Å². The summed E-state index contributed by atoms with van der Waals surface area (Å²) in [6.07, 6.45) is 6.98. The van der Waals surface area contributed by atoms with Crippen molar-refractivity contribution in [2.45, 2.75) is 19.9 Å². The maximum Gasteiger partial charge on any atom is 0.249 e. The van der Waals surface area contributed by atoms with Gasteiger partial charge in [-0.25, -0.2) is 4.98 Å². The molecule has 0 saturated heterocycles. The molecule has 0 spiro atoms. The monoisotopic (exact) mass is 374 g/mol. The molecule has 0 unspecified atom stereocenters. The van der Waals surface area contributed by atoms with Crippen molar-refractivity contribution in [1.82, 2.24) is 24.7 Å². The first-order chi connectivity index (χ1) is 13.6. The van der Waals surface area contributed by atoms with Crippen LogP contribution < -0.4 is 5.32 Å². The van der Waals surface area contributed by atoms with Gasteiger partial charge in [-0.3, -0.25) is 9.78 Å². The highest BCUT2D eigenvalue weighted by Gasteiger charge is 2.20. The lowest BCUT2D eigenvalue weighted by atomic mass is 10.2. The van der Waals surface area contributed by atoms with Crippen LogP contribution in [0.4, 0.5) is 5.69 Å². The molecular weight excluding hydrogens is 356 g/mol. The van der Waals surface area contributed by atoms with E-state index in [2.05, 4.69) is 25.4 Å². The smallest absolute Gasteiger partial charge is 0.249 e. The van der Waals surface area contributed by atoms with E-state index in [4.69, 9.17) is 4.52 Å². The van der Waals surface area contributed by atoms with E-state index >= 15 is 0 Å². The van der Waals surface area contributed by atoms with Crippen LogP contribution in [0, 0.1) is 0 Å². The Kier molecular flexibility index (Phi) is 4.67. The number of pyridine rings is 1. The number of rotatable bonds is 5. The molecule has 4 aromatic rings. The van der Waals surface area contributed by atoms with Crippen molar-refractivity contribution >= 4 is 11.6 Å². The second-order valence-electron chi connectivity index (χ2n) is 6.28. The molecule has 3 heterocycles. The number of carbonyl (C=O) groups is 1. The maximum absolute atomic E-state index is 11.2. The summed E-state index contributed by atoms with van der Waals surface area (Å²) in [5, 5.41) is 6.83. The lowest BCUT2D eigenvalue weighted by Crippen LogP contribution is -2.08. The highest BCUT2D eigenvalue weighted by molar-refractivity contribution is 5.88. The molecule has 1 aromatic carbocycles. The molecule has 0 aliphatic rings. The Morgan fingerprint density at radius 2 is 1.82 bits per heavy atom. The first-order valence-electron chi connectivity index (χ1n) is 8.76. The molecule has 140 valence electrons. The predicted molar refractivity (Wildman–Crippen MR) is 103 cm³/mol.